The molecule has 10 heavy (non-hydrogen) atoms. The molecule has 1 rings (SSSR count). The molecule has 0 bridgehead atoms. The van der Waals surface area contributed by atoms with E-state index in [4.69, 9.17) is 0 Å². The maximum atomic E-state index is 3.39. The normalized spacial score (nSPS) is 33.6. The summed E-state index contributed by atoms with van der Waals surface area (Å²) >= 11 is 0. The molecule has 1 N–H and O–H groups in total. The van der Waals surface area contributed by atoms with Gasteiger partial charge in [-0.15, -0.1) is 0 Å². The highest BCUT2D eigenvalue weighted by Gasteiger charge is 2.28. The number of nitrogens with one attached hydrogen (secondary N) is 1. The zero-order valence-electron chi connectivity index (χ0n) is 7.28. The van der Waals surface area contributed by atoms with E-state index in [-0.39, 0.29) is 0 Å². The number of nitrogens with zero attached hydrogens (tertiary/aromatic N) is 1. The van der Waals surface area contributed by atoms with Crippen LogP contribution in [0, 0.1) is 5.41 Å². The lowest BCUT2D eigenvalue weighted by Crippen LogP contribution is -2.32. The highest BCUT2D eigenvalue weighted by Crippen LogP contribution is 2.24. The summed E-state index contributed by atoms with van der Waals surface area (Å²) in [4.78, 5) is 2.27. The van der Waals surface area contributed by atoms with E-state index in [1.54, 1.807) is 0 Å². The van der Waals surface area contributed by atoms with Crippen LogP contribution in [-0.4, -0.2) is 38.6 Å². The molecular weight excluding hydrogens is 124 g/mol. The molecular formula is C8H18N2. The molecule has 1 saturated heterocycles. The summed E-state index contributed by atoms with van der Waals surface area (Å²) in [6.45, 7) is 5.95. The highest BCUT2D eigenvalue weighted by atomic mass is 15.1. The van der Waals surface area contributed by atoms with Crippen molar-refractivity contribution in [2.45, 2.75) is 13.3 Å². The van der Waals surface area contributed by atoms with E-state index in [0.29, 0.717) is 5.41 Å². The van der Waals surface area contributed by atoms with Gasteiger partial charge in [0.05, 0.1) is 0 Å². The fraction of sp³-hybridized carbons (Fsp3) is 1.00. The summed E-state index contributed by atoms with van der Waals surface area (Å²) in [6.07, 6.45) is 1.32. The quantitative estimate of drug-likeness (QED) is 0.605. The number of rotatable bonds is 2. The van der Waals surface area contributed by atoms with Gasteiger partial charge in [0.1, 0.15) is 0 Å². The van der Waals surface area contributed by atoms with Gasteiger partial charge in [0, 0.05) is 13.1 Å². The largest absolute Gasteiger partial charge is 0.316 e. The Labute approximate surface area is 63.6 Å². The van der Waals surface area contributed by atoms with E-state index in [0.717, 1.165) is 0 Å². The minimum Gasteiger partial charge on any atom is -0.316 e. The van der Waals surface area contributed by atoms with Gasteiger partial charge in [-0.3, -0.25) is 0 Å². The van der Waals surface area contributed by atoms with Crippen molar-refractivity contribution < 1.29 is 0 Å². The van der Waals surface area contributed by atoms with Gasteiger partial charge >= 0.3 is 0 Å². The summed E-state index contributed by atoms with van der Waals surface area (Å²) in [6, 6.07) is 0. The first-order valence-electron chi connectivity index (χ1n) is 3.98. The maximum Gasteiger partial charge on any atom is 0.00419 e. The van der Waals surface area contributed by atoms with Crippen LogP contribution < -0.4 is 5.32 Å². The average Bonchev–Trinajstić information content (AvgIpc) is 2.12. The van der Waals surface area contributed by atoms with Gasteiger partial charge in [0.15, 0.2) is 0 Å². The molecule has 0 saturated carbocycles. The predicted octanol–water partition coefficient (Wildman–Crippen LogP) is 0.548. The minimum atomic E-state index is 0.531. The fourth-order valence-electron chi connectivity index (χ4n) is 1.77. The van der Waals surface area contributed by atoms with Gasteiger partial charge in [-0.25, -0.2) is 0 Å². The van der Waals surface area contributed by atoms with Gasteiger partial charge in [0.2, 0.25) is 0 Å². The smallest absolute Gasteiger partial charge is 0.00419 e. The Morgan fingerprint density at radius 3 is 2.60 bits per heavy atom. The van der Waals surface area contributed by atoms with Gasteiger partial charge < -0.3 is 10.2 Å². The fourth-order valence-corrected chi connectivity index (χ4v) is 1.77. The van der Waals surface area contributed by atoms with Crippen LogP contribution in [0.3, 0.4) is 0 Å². The average molecular weight is 142 g/mol. The van der Waals surface area contributed by atoms with E-state index in [1.807, 2.05) is 0 Å². The molecule has 0 spiro atoms. The van der Waals surface area contributed by atoms with Gasteiger partial charge in [-0.05, 0) is 32.5 Å². The zero-order valence-corrected chi connectivity index (χ0v) is 7.28. The molecule has 1 fully saturated rings. The summed E-state index contributed by atoms with van der Waals surface area (Å²) < 4.78 is 0. The molecule has 0 aromatic rings. The molecule has 0 aromatic carbocycles. The third-order valence-electron chi connectivity index (χ3n) is 2.16. The predicted molar refractivity (Wildman–Crippen MR) is 44.1 cm³/mol. The molecule has 0 radical (unpaired) electrons. The molecule has 0 aromatic heterocycles. The Morgan fingerprint density at radius 2 is 2.20 bits per heavy atom. The van der Waals surface area contributed by atoms with Crippen LogP contribution in [0.25, 0.3) is 0 Å². The Balaban J connectivity index is 2.36. The maximum absolute atomic E-state index is 3.39. The van der Waals surface area contributed by atoms with Crippen molar-refractivity contribution in [3.8, 4) is 0 Å². The molecule has 1 heterocycles. The van der Waals surface area contributed by atoms with Gasteiger partial charge in [0.25, 0.3) is 0 Å². The first-order chi connectivity index (χ1) is 4.62. The van der Waals surface area contributed by atoms with E-state index in [1.165, 1.54) is 26.1 Å². The van der Waals surface area contributed by atoms with Gasteiger partial charge in [-0.2, -0.15) is 0 Å². The standard InChI is InChI=1S/C8H18N2/c1-8(7-10(2)3)4-5-9-6-8/h9H,4-7H2,1-3H3/t8-/m0/s1. The highest BCUT2D eigenvalue weighted by molar-refractivity contribution is 4.85. The molecule has 60 valence electrons. The molecule has 2 nitrogen and oxygen atoms in total. The van der Waals surface area contributed by atoms with Gasteiger partial charge in [-0.1, -0.05) is 6.92 Å². The second-order valence-electron chi connectivity index (χ2n) is 3.98. The lowest BCUT2D eigenvalue weighted by atomic mass is 9.89. The van der Waals surface area contributed by atoms with Crippen LogP contribution in [0.1, 0.15) is 13.3 Å². The van der Waals surface area contributed by atoms with Crippen LogP contribution in [0.4, 0.5) is 0 Å². The number of hydrogen-bond donors (Lipinski definition) is 1. The van der Waals surface area contributed by atoms with Crippen LogP contribution in [0.15, 0.2) is 0 Å². The van der Waals surface area contributed by atoms with Crippen molar-refractivity contribution in [3.05, 3.63) is 0 Å². The summed E-state index contributed by atoms with van der Waals surface area (Å²) in [5, 5.41) is 3.39. The van der Waals surface area contributed by atoms with Crippen molar-refractivity contribution in [2.75, 3.05) is 33.7 Å². The monoisotopic (exact) mass is 142 g/mol. The Bertz CT molecular complexity index is 104. The second kappa shape index (κ2) is 2.89. The van der Waals surface area contributed by atoms with E-state index < -0.39 is 0 Å². The molecule has 1 aliphatic heterocycles. The van der Waals surface area contributed by atoms with Crippen LogP contribution in [-0.2, 0) is 0 Å². The lowest BCUT2D eigenvalue weighted by Gasteiger charge is -2.26. The van der Waals surface area contributed by atoms with Crippen LogP contribution in [0.5, 0.6) is 0 Å². The van der Waals surface area contributed by atoms with E-state index >= 15 is 0 Å². The Kier molecular flexibility index (Phi) is 2.32. The molecule has 0 amide bonds. The molecule has 2 heteroatoms. The number of hydrogen-bond acceptors (Lipinski definition) is 2. The zero-order chi connectivity index (χ0) is 7.61. The Morgan fingerprint density at radius 1 is 1.50 bits per heavy atom. The lowest BCUT2D eigenvalue weighted by molar-refractivity contribution is 0.240. The third kappa shape index (κ3) is 1.96. The van der Waals surface area contributed by atoms with Crippen molar-refractivity contribution >= 4 is 0 Å². The first-order valence-corrected chi connectivity index (χ1v) is 3.98. The molecule has 0 unspecified atom stereocenters. The Hall–Kier alpha value is -0.0800. The molecule has 1 atom stereocenters. The first kappa shape index (κ1) is 8.02. The third-order valence-corrected chi connectivity index (χ3v) is 2.16. The van der Waals surface area contributed by atoms with Crippen molar-refractivity contribution in [3.63, 3.8) is 0 Å². The van der Waals surface area contributed by atoms with E-state index in [2.05, 4.69) is 31.2 Å². The van der Waals surface area contributed by atoms with Crippen molar-refractivity contribution in [1.29, 1.82) is 0 Å². The molecule has 1 aliphatic rings. The SMILES string of the molecule is CN(C)C[C@@]1(C)CCNC1. The summed E-state index contributed by atoms with van der Waals surface area (Å²) in [5.74, 6) is 0. The minimum absolute atomic E-state index is 0.531. The second-order valence-corrected chi connectivity index (χ2v) is 3.98. The van der Waals surface area contributed by atoms with Crippen LogP contribution >= 0.6 is 0 Å². The topological polar surface area (TPSA) is 15.3 Å². The van der Waals surface area contributed by atoms with Crippen molar-refractivity contribution in [2.24, 2.45) is 5.41 Å². The molecule has 0 aliphatic carbocycles. The van der Waals surface area contributed by atoms with Crippen LogP contribution in [0.2, 0.25) is 0 Å². The summed E-state index contributed by atoms with van der Waals surface area (Å²) in [7, 11) is 4.28. The van der Waals surface area contributed by atoms with Crippen molar-refractivity contribution in [1.82, 2.24) is 10.2 Å². The summed E-state index contributed by atoms with van der Waals surface area (Å²) in [5.41, 5.74) is 0.531. The van der Waals surface area contributed by atoms with E-state index in [9.17, 15) is 0 Å².